The van der Waals surface area contributed by atoms with Gasteiger partial charge in [-0.2, -0.15) is 0 Å². The van der Waals surface area contributed by atoms with Gasteiger partial charge in [-0.05, 0) is 51.0 Å². The highest BCUT2D eigenvalue weighted by molar-refractivity contribution is 5.48. The van der Waals surface area contributed by atoms with Gasteiger partial charge in [-0.3, -0.25) is 10.1 Å². The zero-order valence-electron chi connectivity index (χ0n) is 16.3. The Labute approximate surface area is 158 Å². The minimum Gasteiger partial charge on any atom is -0.303 e. The summed E-state index contributed by atoms with van der Waals surface area (Å²) >= 11 is 0. The molecule has 0 bridgehead atoms. The molecule has 0 aliphatic carbocycles. The van der Waals surface area contributed by atoms with Crippen molar-refractivity contribution >= 4 is 6.29 Å². The molecule has 0 aromatic rings. The first-order valence-electron chi connectivity index (χ1n) is 9.94. The number of hydrogen-bond donors (Lipinski definition) is 0. The van der Waals surface area contributed by atoms with Crippen LogP contribution >= 0.6 is 0 Å². The van der Waals surface area contributed by atoms with Crippen LogP contribution in [0.1, 0.15) is 84.0 Å². The highest BCUT2D eigenvalue weighted by Crippen LogP contribution is 2.10. The first-order valence-corrected chi connectivity index (χ1v) is 9.94. The molecular formula is C22H35NO3. The SMILES string of the molecule is CCCCC/C(=C\C/C=C\C/C=C\C/C=C\CCCCCC=O)[N+](=O)[O-]. The van der Waals surface area contributed by atoms with Crippen LogP contribution in [0, 0.1) is 10.1 Å². The minimum absolute atomic E-state index is 0.252. The lowest BCUT2D eigenvalue weighted by Crippen LogP contribution is -1.98. The van der Waals surface area contributed by atoms with Crippen LogP contribution in [0.3, 0.4) is 0 Å². The molecule has 0 atom stereocenters. The van der Waals surface area contributed by atoms with Crippen LogP contribution in [0.4, 0.5) is 0 Å². The van der Waals surface area contributed by atoms with E-state index in [2.05, 4.69) is 31.2 Å². The van der Waals surface area contributed by atoms with E-state index < -0.39 is 0 Å². The molecule has 0 saturated carbocycles. The molecule has 0 radical (unpaired) electrons. The summed E-state index contributed by atoms with van der Waals surface area (Å²) in [5.41, 5.74) is 0.343. The van der Waals surface area contributed by atoms with E-state index in [0.29, 0.717) is 25.0 Å². The third-order valence-corrected chi connectivity index (χ3v) is 4.00. The second-order valence-electron chi connectivity index (χ2n) is 6.34. The van der Waals surface area contributed by atoms with Gasteiger partial charge in [-0.25, -0.2) is 0 Å². The Bertz CT molecular complexity index is 476. The van der Waals surface area contributed by atoms with E-state index in [1.54, 1.807) is 6.08 Å². The maximum Gasteiger partial charge on any atom is 0.242 e. The highest BCUT2D eigenvalue weighted by Gasteiger charge is 2.08. The van der Waals surface area contributed by atoms with Crippen molar-refractivity contribution in [1.29, 1.82) is 0 Å². The van der Waals surface area contributed by atoms with E-state index in [1.807, 2.05) is 12.2 Å². The summed E-state index contributed by atoms with van der Waals surface area (Å²) in [7, 11) is 0. The molecule has 0 heterocycles. The van der Waals surface area contributed by atoms with Crippen LogP contribution in [0.2, 0.25) is 0 Å². The van der Waals surface area contributed by atoms with Crippen molar-refractivity contribution < 1.29 is 9.72 Å². The summed E-state index contributed by atoms with van der Waals surface area (Å²) in [6.07, 6.45) is 26.4. The number of aldehydes is 1. The fraction of sp³-hybridized carbons (Fsp3) is 0.591. The van der Waals surface area contributed by atoms with Gasteiger partial charge in [0.2, 0.25) is 5.70 Å². The first-order chi connectivity index (χ1) is 12.7. The van der Waals surface area contributed by atoms with Gasteiger partial charge in [-0.15, -0.1) is 0 Å². The van der Waals surface area contributed by atoms with Crippen molar-refractivity contribution in [3.05, 3.63) is 58.3 Å². The summed E-state index contributed by atoms with van der Waals surface area (Å²) in [4.78, 5) is 20.9. The second kappa shape index (κ2) is 19.4. The van der Waals surface area contributed by atoms with Crippen molar-refractivity contribution in [3.8, 4) is 0 Å². The van der Waals surface area contributed by atoms with Gasteiger partial charge in [0.1, 0.15) is 6.29 Å². The Balaban J connectivity index is 3.77. The highest BCUT2D eigenvalue weighted by atomic mass is 16.6. The molecule has 0 aromatic heterocycles. The Kier molecular flexibility index (Phi) is 17.9. The number of unbranched alkanes of at least 4 members (excludes halogenated alkanes) is 6. The molecule has 0 aromatic carbocycles. The van der Waals surface area contributed by atoms with E-state index >= 15 is 0 Å². The van der Waals surface area contributed by atoms with Gasteiger partial charge in [0, 0.05) is 12.8 Å². The Morgan fingerprint density at radius 3 is 2.04 bits per heavy atom. The molecule has 0 fully saturated rings. The molecule has 0 unspecified atom stereocenters. The van der Waals surface area contributed by atoms with Gasteiger partial charge >= 0.3 is 0 Å². The topological polar surface area (TPSA) is 60.2 Å². The van der Waals surface area contributed by atoms with Gasteiger partial charge in [0.15, 0.2) is 0 Å². The zero-order chi connectivity index (χ0) is 19.3. The molecular weight excluding hydrogens is 326 g/mol. The number of carbonyl (C=O) groups excluding carboxylic acids is 1. The second-order valence-corrected chi connectivity index (χ2v) is 6.34. The third-order valence-electron chi connectivity index (χ3n) is 4.00. The maximum atomic E-state index is 11.0. The number of nitro groups is 1. The van der Waals surface area contributed by atoms with Crippen molar-refractivity contribution in [2.24, 2.45) is 0 Å². The van der Waals surface area contributed by atoms with E-state index in [-0.39, 0.29) is 4.92 Å². The lowest BCUT2D eigenvalue weighted by Gasteiger charge is -1.97. The van der Waals surface area contributed by atoms with Crippen LogP contribution in [-0.4, -0.2) is 11.2 Å². The molecule has 0 amide bonds. The van der Waals surface area contributed by atoms with Crippen molar-refractivity contribution in [3.63, 3.8) is 0 Å². The van der Waals surface area contributed by atoms with Gasteiger partial charge in [0.05, 0.1) is 4.92 Å². The van der Waals surface area contributed by atoms with Gasteiger partial charge < -0.3 is 4.79 Å². The van der Waals surface area contributed by atoms with Crippen LogP contribution in [0.15, 0.2) is 48.2 Å². The third kappa shape index (κ3) is 16.9. The van der Waals surface area contributed by atoms with Gasteiger partial charge in [0.25, 0.3) is 0 Å². The normalized spacial score (nSPS) is 12.6. The zero-order valence-corrected chi connectivity index (χ0v) is 16.3. The smallest absolute Gasteiger partial charge is 0.242 e. The van der Waals surface area contributed by atoms with E-state index in [0.717, 1.165) is 64.1 Å². The van der Waals surface area contributed by atoms with E-state index in [1.165, 1.54) is 0 Å². The van der Waals surface area contributed by atoms with E-state index in [9.17, 15) is 14.9 Å². The van der Waals surface area contributed by atoms with Crippen molar-refractivity contribution in [2.75, 3.05) is 0 Å². The quantitative estimate of drug-likeness (QED) is 0.0950. The summed E-state index contributed by atoms with van der Waals surface area (Å²) in [6.45, 7) is 2.10. The Morgan fingerprint density at radius 1 is 0.808 bits per heavy atom. The summed E-state index contributed by atoms with van der Waals surface area (Å²) in [5, 5.41) is 11.0. The monoisotopic (exact) mass is 361 g/mol. The fourth-order valence-corrected chi connectivity index (χ4v) is 2.45. The molecule has 146 valence electrons. The molecule has 4 nitrogen and oxygen atoms in total. The molecule has 0 aliphatic rings. The molecule has 0 spiro atoms. The predicted molar refractivity (Wildman–Crippen MR) is 110 cm³/mol. The van der Waals surface area contributed by atoms with Crippen molar-refractivity contribution in [1.82, 2.24) is 0 Å². The summed E-state index contributed by atoms with van der Waals surface area (Å²) < 4.78 is 0. The molecule has 0 rings (SSSR count). The molecule has 0 aliphatic heterocycles. The van der Waals surface area contributed by atoms with Crippen LogP contribution < -0.4 is 0 Å². The van der Waals surface area contributed by atoms with Crippen LogP contribution in [-0.2, 0) is 4.79 Å². The minimum atomic E-state index is -0.252. The summed E-state index contributed by atoms with van der Waals surface area (Å²) in [5.74, 6) is 0. The Morgan fingerprint density at radius 2 is 1.42 bits per heavy atom. The predicted octanol–water partition coefficient (Wildman–Crippen LogP) is 6.72. The van der Waals surface area contributed by atoms with Crippen molar-refractivity contribution in [2.45, 2.75) is 84.0 Å². The number of nitrogens with zero attached hydrogens (tertiary/aromatic N) is 1. The van der Waals surface area contributed by atoms with Crippen LogP contribution in [0.25, 0.3) is 0 Å². The fourth-order valence-electron chi connectivity index (χ4n) is 2.45. The largest absolute Gasteiger partial charge is 0.303 e. The molecule has 26 heavy (non-hydrogen) atoms. The van der Waals surface area contributed by atoms with Gasteiger partial charge in [-0.1, -0.05) is 62.6 Å². The average molecular weight is 362 g/mol. The molecule has 0 saturated heterocycles. The lowest BCUT2D eigenvalue weighted by atomic mass is 10.1. The standard InChI is InChI=1S/C22H35NO3/c1-2-3-16-19-22(23(25)26)20-17-14-12-10-8-6-4-5-7-9-11-13-15-18-21-24/h5-8,12,14,20-21H,2-4,9-11,13,15-19H2,1H3/b7-5-,8-6-,14-12-,22-20+. The number of rotatable bonds is 17. The average Bonchev–Trinajstić information content (AvgIpc) is 2.63. The molecule has 0 N–H and O–H groups in total. The Hall–Kier alpha value is -1.97. The molecule has 4 heteroatoms. The maximum absolute atomic E-state index is 11.0. The number of carbonyl (C=O) groups is 1. The first kappa shape index (κ1) is 24.0. The number of allylic oxidation sites excluding steroid dienone is 8. The summed E-state index contributed by atoms with van der Waals surface area (Å²) in [6, 6.07) is 0. The number of hydrogen-bond acceptors (Lipinski definition) is 3. The van der Waals surface area contributed by atoms with Crippen LogP contribution in [0.5, 0.6) is 0 Å². The van der Waals surface area contributed by atoms with E-state index in [4.69, 9.17) is 0 Å². The lowest BCUT2D eigenvalue weighted by molar-refractivity contribution is -0.428.